The van der Waals surface area contributed by atoms with Crippen LogP contribution in [-0.4, -0.2) is 53.2 Å². The molecule has 44 heavy (non-hydrogen) atoms. The van der Waals surface area contributed by atoms with Crippen LogP contribution in [0, 0.1) is 0 Å². The number of unbranched alkanes of at least 4 members (excludes halogenated alkanes) is 2. The summed E-state index contributed by atoms with van der Waals surface area (Å²) in [4.78, 5) is 38.2. The van der Waals surface area contributed by atoms with Crippen molar-refractivity contribution in [1.29, 1.82) is 0 Å². The van der Waals surface area contributed by atoms with Crippen molar-refractivity contribution in [3.8, 4) is 11.4 Å². The Morgan fingerprint density at radius 1 is 0.909 bits per heavy atom. The molecule has 0 fully saturated rings. The highest BCUT2D eigenvalue weighted by Crippen LogP contribution is 2.27. The van der Waals surface area contributed by atoms with Gasteiger partial charge in [-0.25, -0.2) is 14.3 Å². The predicted octanol–water partition coefficient (Wildman–Crippen LogP) is 5.58. The molecule has 0 aliphatic heterocycles. The standard InChI is InChI=1S/C34H42N4O6/c1-6-8-19-43-32(40)17-15-25-21-28(42-5)22-26(16-18-33(41)44-20-9-7-2)29(25)23-31(39)35-34(3,4)30-24-38(37-36-30)27-13-11-10-12-14-27/h10-18,21-22,24H,6-9,19-20,23H2,1-5H3,(H,35,39)/b17-15+,18-16+. The number of methoxy groups -OCH3 is 1. The van der Waals surface area contributed by atoms with Crippen LogP contribution in [0.1, 0.15) is 75.8 Å². The molecule has 1 heterocycles. The van der Waals surface area contributed by atoms with Gasteiger partial charge in [-0.15, -0.1) is 5.10 Å². The average molecular weight is 603 g/mol. The number of amides is 1. The lowest BCUT2D eigenvalue weighted by molar-refractivity contribution is -0.138. The molecule has 0 radical (unpaired) electrons. The monoisotopic (exact) mass is 602 g/mol. The smallest absolute Gasteiger partial charge is 0.330 e. The zero-order valence-electron chi connectivity index (χ0n) is 26.2. The number of rotatable bonds is 16. The van der Waals surface area contributed by atoms with Gasteiger partial charge in [0.2, 0.25) is 5.91 Å². The molecule has 3 rings (SSSR count). The van der Waals surface area contributed by atoms with Gasteiger partial charge in [-0.1, -0.05) is 50.1 Å². The molecule has 0 bridgehead atoms. The lowest BCUT2D eigenvalue weighted by Crippen LogP contribution is -2.42. The van der Waals surface area contributed by atoms with Crippen molar-refractivity contribution in [2.24, 2.45) is 0 Å². The third kappa shape index (κ3) is 10.2. The molecule has 0 spiro atoms. The molecule has 3 aromatic rings. The molecule has 2 aromatic carbocycles. The quantitative estimate of drug-likeness (QED) is 0.128. The summed E-state index contributed by atoms with van der Waals surface area (Å²) in [5, 5.41) is 11.6. The molecule has 1 aromatic heterocycles. The first-order valence-corrected chi connectivity index (χ1v) is 14.9. The molecule has 234 valence electrons. The van der Waals surface area contributed by atoms with Gasteiger partial charge in [0.1, 0.15) is 11.4 Å². The third-order valence-electron chi connectivity index (χ3n) is 6.75. The highest BCUT2D eigenvalue weighted by Gasteiger charge is 2.27. The van der Waals surface area contributed by atoms with Gasteiger partial charge in [0.05, 0.1) is 44.2 Å². The van der Waals surface area contributed by atoms with Gasteiger partial charge < -0.3 is 19.5 Å². The number of hydrogen-bond donors (Lipinski definition) is 1. The number of hydrogen-bond acceptors (Lipinski definition) is 8. The highest BCUT2D eigenvalue weighted by atomic mass is 16.5. The van der Waals surface area contributed by atoms with Gasteiger partial charge in [-0.05, 0) is 79.8 Å². The number of carbonyl (C=O) groups excluding carboxylic acids is 3. The number of esters is 2. The van der Waals surface area contributed by atoms with Crippen molar-refractivity contribution >= 4 is 30.0 Å². The van der Waals surface area contributed by atoms with E-state index in [0.29, 0.717) is 41.3 Å². The molecular weight excluding hydrogens is 560 g/mol. The van der Waals surface area contributed by atoms with Crippen molar-refractivity contribution in [2.45, 2.75) is 65.3 Å². The molecular formula is C34H42N4O6. The fourth-order valence-electron chi connectivity index (χ4n) is 4.23. The van der Waals surface area contributed by atoms with Crippen molar-refractivity contribution in [3.05, 3.63) is 83.2 Å². The molecule has 10 nitrogen and oxygen atoms in total. The Bertz CT molecular complexity index is 1410. The summed E-state index contributed by atoms with van der Waals surface area (Å²) in [6.07, 6.45) is 10.9. The zero-order chi connectivity index (χ0) is 32.0. The Hall–Kier alpha value is -4.73. The van der Waals surface area contributed by atoms with E-state index in [1.807, 2.05) is 58.0 Å². The Labute approximate surface area is 259 Å². The number of para-hydroxylation sites is 1. The van der Waals surface area contributed by atoms with Crippen LogP contribution < -0.4 is 10.1 Å². The molecule has 0 atom stereocenters. The molecule has 1 N–H and O–H groups in total. The number of nitrogens with one attached hydrogen (secondary N) is 1. The van der Waals surface area contributed by atoms with Gasteiger partial charge in [0.25, 0.3) is 0 Å². The number of carbonyl (C=O) groups is 3. The molecule has 10 heteroatoms. The van der Waals surface area contributed by atoms with E-state index in [1.165, 1.54) is 19.3 Å². The van der Waals surface area contributed by atoms with Crippen LogP contribution in [-0.2, 0) is 35.8 Å². The largest absolute Gasteiger partial charge is 0.497 e. The van der Waals surface area contributed by atoms with Crippen LogP contribution in [0.25, 0.3) is 17.8 Å². The number of nitrogens with zero attached hydrogens (tertiary/aromatic N) is 3. The van der Waals surface area contributed by atoms with Gasteiger partial charge in [-0.2, -0.15) is 0 Å². The van der Waals surface area contributed by atoms with E-state index in [-0.39, 0.29) is 12.3 Å². The van der Waals surface area contributed by atoms with Crippen LogP contribution in [0.3, 0.4) is 0 Å². The summed E-state index contributed by atoms with van der Waals surface area (Å²) in [5.41, 5.74) is 2.30. The molecule has 0 saturated heterocycles. The minimum absolute atomic E-state index is 0.0602. The van der Waals surface area contributed by atoms with Crippen molar-refractivity contribution in [1.82, 2.24) is 20.3 Å². The lowest BCUT2D eigenvalue weighted by atomic mass is 9.95. The molecule has 0 aliphatic rings. The predicted molar refractivity (Wildman–Crippen MR) is 169 cm³/mol. The lowest BCUT2D eigenvalue weighted by Gasteiger charge is -2.24. The fourth-order valence-corrected chi connectivity index (χ4v) is 4.23. The Balaban J connectivity index is 1.90. The van der Waals surface area contributed by atoms with Crippen molar-refractivity contribution in [3.63, 3.8) is 0 Å². The first-order chi connectivity index (χ1) is 21.2. The normalized spacial score (nSPS) is 11.6. The van der Waals surface area contributed by atoms with Crippen molar-refractivity contribution < 1.29 is 28.6 Å². The minimum Gasteiger partial charge on any atom is -0.497 e. The summed E-state index contributed by atoms with van der Waals surface area (Å²) in [5.74, 6) is -0.786. The summed E-state index contributed by atoms with van der Waals surface area (Å²) < 4.78 is 17.7. The third-order valence-corrected chi connectivity index (χ3v) is 6.75. The molecule has 0 unspecified atom stereocenters. The number of aromatic nitrogens is 3. The summed E-state index contributed by atoms with van der Waals surface area (Å²) in [6.45, 7) is 8.37. The Morgan fingerprint density at radius 3 is 2.00 bits per heavy atom. The fraction of sp³-hybridized carbons (Fsp3) is 0.382. The van der Waals surface area contributed by atoms with E-state index in [2.05, 4.69) is 15.6 Å². The van der Waals surface area contributed by atoms with E-state index >= 15 is 0 Å². The van der Waals surface area contributed by atoms with Crippen LogP contribution in [0.15, 0.2) is 60.8 Å². The maximum absolute atomic E-state index is 13.5. The van der Waals surface area contributed by atoms with Crippen LogP contribution >= 0.6 is 0 Å². The second kappa shape index (κ2) is 16.8. The Morgan fingerprint density at radius 2 is 1.48 bits per heavy atom. The first-order valence-electron chi connectivity index (χ1n) is 14.9. The topological polar surface area (TPSA) is 122 Å². The van der Waals surface area contributed by atoms with Gasteiger partial charge in [-0.3, -0.25) is 4.79 Å². The van der Waals surface area contributed by atoms with E-state index < -0.39 is 17.5 Å². The maximum Gasteiger partial charge on any atom is 0.330 e. The van der Waals surface area contributed by atoms with Crippen molar-refractivity contribution in [2.75, 3.05) is 20.3 Å². The molecule has 0 aliphatic carbocycles. The van der Waals surface area contributed by atoms with Crippen LogP contribution in [0.5, 0.6) is 5.75 Å². The summed E-state index contributed by atoms with van der Waals surface area (Å²) in [6, 6.07) is 13.0. The van der Waals surface area contributed by atoms with E-state index in [4.69, 9.17) is 14.2 Å². The second-order valence-corrected chi connectivity index (χ2v) is 10.7. The van der Waals surface area contributed by atoms with Gasteiger partial charge in [0, 0.05) is 12.2 Å². The second-order valence-electron chi connectivity index (χ2n) is 10.7. The summed E-state index contributed by atoms with van der Waals surface area (Å²) in [7, 11) is 1.52. The molecule has 0 saturated carbocycles. The van der Waals surface area contributed by atoms with Gasteiger partial charge in [0.15, 0.2) is 0 Å². The van der Waals surface area contributed by atoms with Crippen LogP contribution in [0.4, 0.5) is 0 Å². The maximum atomic E-state index is 13.5. The van der Waals surface area contributed by atoms with Gasteiger partial charge >= 0.3 is 11.9 Å². The van der Waals surface area contributed by atoms with Crippen LogP contribution in [0.2, 0.25) is 0 Å². The summed E-state index contributed by atoms with van der Waals surface area (Å²) >= 11 is 0. The Kier molecular flexibility index (Phi) is 12.9. The zero-order valence-corrected chi connectivity index (χ0v) is 26.2. The number of ether oxygens (including phenoxy) is 3. The first kappa shape index (κ1) is 33.8. The SMILES string of the molecule is CCCCOC(=O)/C=C/c1cc(OC)cc(/C=C/C(=O)OCCCC)c1CC(=O)NC(C)(C)c1cn(-c2ccccc2)nn1. The minimum atomic E-state index is -0.852. The molecule has 1 amide bonds. The highest BCUT2D eigenvalue weighted by molar-refractivity contribution is 5.91. The average Bonchev–Trinajstić information content (AvgIpc) is 3.52. The number of benzene rings is 2. The van der Waals surface area contributed by atoms with E-state index in [0.717, 1.165) is 31.4 Å². The van der Waals surface area contributed by atoms with E-state index in [9.17, 15) is 14.4 Å². The van der Waals surface area contributed by atoms with E-state index in [1.54, 1.807) is 35.2 Å².